The molecule has 0 spiro atoms. The van der Waals surface area contributed by atoms with Crippen molar-refractivity contribution in [2.24, 2.45) is 0 Å². The lowest BCUT2D eigenvalue weighted by molar-refractivity contribution is -0.113. The minimum Gasteiger partial charge on any atom is -0.383 e. The number of rotatable bonds is 9. The maximum absolute atomic E-state index is 12.5. The van der Waals surface area contributed by atoms with Crippen molar-refractivity contribution in [3.8, 4) is 22.0 Å². The Morgan fingerprint density at radius 3 is 2.72 bits per heavy atom. The van der Waals surface area contributed by atoms with Gasteiger partial charge in [0.1, 0.15) is 5.01 Å². The van der Waals surface area contributed by atoms with Crippen LogP contribution < -0.4 is 5.32 Å². The molecule has 0 aliphatic rings. The van der Waals surface area contributed by atoms with Crippen molar-refractivity contribution < 1.29 is 9.53 Å². The van der Waals surface area contributed by atoms with E-state index in [4.69, 9.17) is 4.74 Å². The number of anilines is 1. The zero-order valence-electron chi connectivity index (χ0n) is 17.6. The maximum Gasteiger partial charge on any atom is 0.236 e. The fourth-order valence-electron chi connectivity index (χ4n) is 2.98. The number of aromatic nitrogens is 6. The molecule has 1 amide bonds. The fraction of sp³-hybridized carbons (Fsp3) is 0.238. The quantitative estimate of drug-likeness (QED) is 0.373. The molecule has 0 unspecified atom stereocenters. The standard InChI is InChI=1S/C21H21N7O2S2/c1-14-5-3-4-6-16(14)19-25-26-20(32-19)23-17(29)13-31-21-27-24-18(28(21)11-12-30-2)15-7-9-22-10-8-15/h3-10H,11-13H2,1-2H3,(H,23,26,29). The van der Waals surface area contributed by atoms with Crippen LogP contribution in [0.25, 0.3) is 22.0 Å². The third kappa shape index (κ3) is 5.18. The van der Waals surface area contributed by atoms with E-state index in [1.54, 1.807) is 19.5 Å². The third-order valence-electron chi connectivity index (χ3n) is 4.55. The van der Waals surface area contributed by atoms with Crippen molar-refractivity contribution in [2.75, 3.05) is 24.8 Å². The van der Waals surface area contributed by atoms with E-state index in [0.29, 0.717) is 29.3 Å². The van der Waals surface area contributed by atoms with Gasteiger partial charge >= 0.3 is 0 Å². The first-order chi connectivity index (χ1) is 15.7. The van der Waals surface area contributed by atoms with Gasteiger partial charge in [-0.1, -0.05) is 47.4 Å². The Bertz CT molecular complexity index is 1190. The summed E-state index contributed by atoms with van der Waals surface area (Å²) in [6.45, 7) is 3.09. The number of benzene rings is 1. The highest BCUT2D eigenvalue weighted by molar-refractivity contribution is 7.99. The first-order valence-corrected chi connectivity index (χ1v) is 11.6. The molecule has 0 fully saturated rings. The van der Waals surface area contributed by atoms with E-state index in [9.17, 15) is 4.79 Å². The number of aryl methyl sites for hydroxylation is 1. The minimum atomic E-state index is -0.186. The first-order valence-electron chi connectivity index (χ1n) is 9.80. The van der Waals surface area contributed by atoms with Crippen LogP contribution in [-0.2, 0) is 16.1 Å². The smallest absolute Gasteiger partial charge is 0.236 e. The van der Waals surface area contributed by atoms with Crippen molar-refractivity contribution >= 4 is 34.1 Å². The number of carbonyl (C=O) groups excluding carboxylic acids is 1. The molecule has 0 radical (unpaired) electrons. The maximum atomic E-state index is 12.5. The monoisotopic (exact) mass is 467 g/mol. The lowest BCUT2D eigenvalue weighted by Crippen LogP contribution is -2.15. The molecule has 164 valence electrons. The molecule has 4 aromatic rings. The SMILES string of the molecule is COCCn1c(SCC(=O)Nc2nnc(-c3ccccc3C)s2)nnc1-c1ccncc1. The van der Waals surface area contributed by atoms with Crippen molar-refractivity contribution in [3.63, 3.8) is 0 Å². The summed E-state index contributed by atoms with van der Waals surface area (Å²) in [6, 6.07) is 11.7. The molecule has 9 nitrogen and oxygen atoms in total. The molecular formula is C21H21N7O2S2. The van der Waals surface area contributed by atoms with Crippen molar-refractivity contribution in [3.05, 3.63) is 54.4 Å². The van der Waals surface area contributed by atoms with E-state index < -0.39 is 0 Å². The van der Waals surface area contributed by atoms with E-state index in [-0.39, 0.29) is 11.7 Å². The molecule has 0 aliphatic carbocycles. The van der Waals surface area contributed by atoms with Crippen LogP contribution in [-0.4, -0.2) is 55.3 Å². The Balaban J connectivity index is 1.42. The summed E-state index contributed by atoms with van der Waals surface area (Å²) in [5, 5.41) is 21.6. The molecule has 0 saturated heterocycles. The number of amides is 1. The van der Waals surface area contributed by atoms with Crippen LogP contribution in [0.15, 0.2) is 53.9 Å². The molecule has 3 heterocycles. The molecule has 32 heavy (non-hydrogen) atoms. The predicted octanol–water partition coefficient (Wildman–Crippen LogP) is 3.54. The number of ether oxygens (including phenoxy) is 1. The lowest BCUT2D eigenvalue weighted by Gasteiger charge is -2.09. The van der Waals surface area contributed by atoms with Gasteiger partial charge in [0.05, 0.1) is 18.9 Å². The number of carbonyl (C=O) groups is 1. The van der Waals surface area contributed by atoms with Crippen LogP contribution >= 0.6 is 23.1 Å². The number of nitrogens with zero attached hydrogens (tertiary/aromatic N) is 6. The molecule has 4 rings (SSSR count). The second kappa shape index (κ2) is 10.4. The van der Waals surface area contributed by atoms with E-state index in [1.807, 2.05) is 47.9 Å². The minimum absolute atomic E-state index is 0.167. The summed E-state index contributed by atoms with van der Waals surface area (Å²) < 4.78 is 7.16. The molecule has 1 aromatic carbocycles. The van der Waals surface area contributed by atoms with Crippen molar-refractivity contribution in [2.45, 2.75) is 18.6 Å². The number of thioether (sulfide) groups is 1. The zero-order chi connectivity index (χ0) is 22.3. The highest BCUT2D eigenvalue weighted by Gasteiger charge is 2.17. The molecule has 0 aliphatic heterocycles. The van der Waals surface area contributed by atoms with Crippen LogP contribution in [0.5, 0.6) is 0 Å². The van der Waals surface area contributed by atoms with Gasteiger partial charge in [-0.3, -0.25) is 19.7 Å². The van der Waals surface area contributed by atoms with Gasteiger partial charge in [-0.2, -0.15) is 0 Å². The number of pyridine rings is 1. The summed E-state index contributed by atoms with van der Waals surface area (Å²) in [6.07, 6.45) is 3.41. The Kier molecular flexibility index (Phi) is 7.20. The van der Waals surface area contributed by atoms with Gasteiger partial charge in [-0.25, -0.2) is 0 Å². The fourth-order valence-corrected chi connectivity index (χ4v) is 4.59. The van der Waals surface area contributed by atoms with E-state index in [0.717, 1.165) is 21.7 Å². The molecular weight excluding hydrogens is 446 g/mol. The average molecular weight is 468 g/mol. The van der Waals surface area contributed by atoms with Gasteiger partial charge in [0, 0.05) is 30.6 Å². The Morgan fingerprint density at radius 2 is 1.94 bits per heavy atom. The predicted molar refractivity (Wildman–Crippen MR) is 125 cm³/mol. The lowest BCUT2D eigenvalue weighted by atomic mass is 10.1. The third-order valence-corrected chi connectivity index (χ3v) is 6.39. The number of hydrogen-bond donors (Lipinski definition) is 1. The van der Waals surface area contributed by atoms with E-state index in [2.05, 4.69) is 30.7 Å². The normalized spacial score (nSPS) is 10.9. The highest BCUT2D eigenvalue weighted by Crippen LogP contribution is 2.29. The van der Waals surface area contributed by atoms with Crippen LogP contribution in [0.3, 0.4) is 0 Å². The number of methoxy groups -OCH3 is 1. The summed E-state index contributed by atoms with van der Waals surface area (Å²) in [4.78, 5) is 16.6. The van der Waals surface area contributed by atoms with Crippen LogP contribution in [0.4, 0.5) is 5.13 Å². The Hall–Kier alpha value is -3.15. The average Bonchev–Trinajstić information content (AvgIpc) is 3.44. The van der Waals surface area contributed by atoms with Crippen molar-refractivity contribution in [1.29, 1.82) is 0 Å². The Morgan fingerprint density at radius 1 is 1.12 bits per heavy atom. The van der Waals surface area contributed by atoms with E-state index >= 15 is 0 Å². The molecule has 0 saturated carbocycles. The summed E-state index contributed by atoms with van der Waals surface area (Å²) in [5.41, 5.74) is 3.02. The van der Waals surface area contributed by atoms with Gasteiger partial charge in [0.25, 0.3) is 0 Å². The van der Waals surface area contributed by atoms with Gasteiger partial charge in [-0.05, 0) is 24.6 Å². The van der Waals surface area contributed by atoms with Gasteiger partial charge in [0.15, 0.2) is 11.0 Å². The summed E-state index contributed by atoms with van der Waals surface area (Å²) in [5.74, 6) is 0.689. The molecule has 11 heteroatoms. The number of hydrogen-bond acceptors (Lipinski definition) is 9. The summed E-state index contributed by atoms with van der Waals surface area (Å²) in [7, 11) is 1.64. The second-order valence-electron chi connectivity index (χ2n) is 6.75. The highest BCUT2D eigenvalue weighted by atomic mass is 32.2. The zero-order valence-corrected chi connectivity index (χ0v) is 19.2. The molecule has 1 N–H and O–H groups in total. The van der Waals surface area contributed by atoms with Crippen molar-refractivity contribution in [1.82, 2.24) is 29.9 Å². The van der Waals surface area contributed by atoms with Crippen LogP contribution in [0.2, 0.25) is 0 Å². The Labute approximate surface area is 193 Å². The van der Waals surface area contributed by atoms with Gasteiger partial charge < -0.3 is 4.74 Å². The molecule has 3 aromatic heterocycles. The van der Waals surface area contributed by atoms with Gasteiger partial charge in [0.2, 0.25) is 11.0 Å². The first kappa shape index (κ1) is 22.1. The molecule has 0 bridgehead atoms. The summed E-state index contributed by atoms with van der Waals surface area (Å²) >= 11 is 2.66. The topological polar surface area (TPSA) is 108 Å². The largest absolute Gasteiger partial charge is 0.383 e. The molecule has 0 atom stereocenters. The van der Waals surface area contributed by atoms with Gasteiger partial charge in [-0.15, -0.1) is 20.4 Å². The van der Waals surface area contributed by atoms with E-state index in [1.165, 1.54) is 23.1 Å². The van der Waals surface area contributed by atoms with Crippen LogP contribution in [0.1, 0.15) is 5.56 Å². The van der Waals surface area contributed by atoms with Crippen LogP contribution in [0, 0.1) is 6.92 Å². The number of nitrogens with one attached hydrogen (secondary N) is 1. The second-order valence-corrected chi connectivity index (χ2v) is 8.67.